The fourth-order valence-electron chi connectivity index (χ4n) is 3.09. The lowest BCUT2D eigenvalue weighted by atomic mass is 9.96. The maximum absolute atomic E-state index is 12.6. The molecule has 2 aromatic rings. The molecule has 10 nitrogen and oxygen atoms in total. The molecule has 1 aromatic heterocycles. The summed E-state index contributed by atoms with van der Waals surface area (Å²) in [6, 6.07) is 2.26. The number of sulfonamides is 1. The highest BCUT2D eigenvalue weighted by molar-refractivity contribution is 7.89. The average molecular weight is 393 g/mol. The van der Waals surface area contributed by atoms with Crippen molar-refractivity contribution in [1.82, 2.24) is 20.5 Å². The van der Waals surface area contributed by atoms with Gasteiger partial charge < -0.3 is 0 Å². The lowest BCUT2D eigenvalue weighted by Gasteiger charge is -2.13. The van der Waals surface area contributed by atoms with E-state index in [1.165, 1.54) is 6.07 Å². The minimum Gasteiger partial charge on any atom is -0.281 e. The van der Waals surface area contributed by atoms with Crippen LogP contribution in [0.5, 0.6) is 0 Å². The van der Waals surface area contributed by atoms with Crippen LogP contribution >= 0.6 is 0 Å². The second-order valence-corrected chi connectivity index (χ2v) is 8.09. The summed E-state index contributed by atoms with van der Waals surface area (Å²) in [6.45, 7) is 3.12. The number of nitrogens with zero attached hydrogens (tertiary/aromatic N) is 2. The highest BCUT2D eigenvalue weighted by Crippen LogP contribution is 2.25. The summed E-state index contributed by atoms with van der Waals surface area (Å²) < 4.78 is 25.1. The maximum atomic E-state index is 12.6. The Morgan fingerprint density at radius 1 is 1.26 bits per heavy atom. The molecule has 1 amide bonds. The van der Waals surface area contributed by atoms with E-state index >= 15 is 0 Å². The number of hydrogen-bond acceptors (Lipinski definition) is 6. The van der Waals surface area contributed by atoms with Gasteiger partial charge in [0, 0.05) is 23.4 Å². The molecule has 0 fully saturated rings. The molecule has 0 atom stereocenters. The number of hydrogen-bond donors (Lipinski definition) is 3. The molecule has 1 aliphatic rings. The molecule has 0 radical (unpaired) electrons. The zero-order chi connectivity index (χ0) is 19.8. The number of aromatic nitrogens is 2. The molecule has 1 aromatic carbocycles. The molecule has 11 heteroatoms. The van der Waals surface area contributed by atoms with Gasteiger partial charge in [-0.25, -0.2) is 8.42 Å². The molecule has 3 rings (SSSR count). The zero-order valence-corrected chi connectivity index (χ0v) is 15.6. The van der Waals surface area contributed by atoms with Gasteiger partial charge in [-0.3, -0.25) is 25.4 Å². The average Bonchev–Trinajstić information content (AvgIpc) is 3.05. The van der Waals surface area contributed by atoms with E-state index in [0.717, 1.165) is 36.6 Å². The van der Waals surface area contributed by atoms with Crippen molar-refractivity contribution in [3.63, 3.8) is 0 Å². The molecular formula is C16H19N5O5S. The second kappa shape index (κ2) is 7.08. The third-order valence-electron chi connectivity index (χ3n) is 4.68. The Morgan fingerprint density at radius 2 is 1.96 bits per heavy atom. The van der Waals surface area contributed by atoms with Gasteiger partial charge in [0.25, 0.3) is 21.6 Å². The van der Waals surface area contributed by atoms with Crippen molar-refractivity contribution in [3.05, 3.63) is 50.3 Å². The van der Waals surface area contributed by atoms with Crippen molar-refractivity contribution in [1.29, 1.82) is 0 Å². The van der Waals surface area contributed by atoms with Crippen LogP contribution in [0.1, 0.15) is 45.7 Å². The highest BCUT2D eigenvalue weighted by atomic mass is 32.2. The molecule has 0 spiro atoms. The number of aryl methyl sites for hydroxylation is 2. The lowest BCUT2D eigenvalue weighted by molar-refractivity contribution is -0.385. The van der Waals surface area contributed by atoms with Crippen molar-refractivity contribution < 1.29 is 18.1 Å². The van der Waals surface area contributed by atoms with Crippen LogP contribution in [0.15, 0.2) is 17.0 Å². The number of aromatic amines is 1. The summed E-state index contributed by atoms with van der Waals surface area (Å²) >= 11 is 0. The molecule has 0 bridgehead atoms. The van der Waals surface area contributed by atoms with E-state index in [0.29, 0.717) is 17.5 Å². The van der Waals surface area contributed by atoms with Crippen molar-refractivity contribution >= 4 is 21.6 Å². The minimum absolute atomic E-state index is 0.152. The zero-order valence-electron chi connectivity index (χ0n) is 14.8. The topological polar surface area (TPSA) is 147 Å². The Bertz CT molecular complexity index is 1030. The largest absolute Gasteiger partial charge is 0.287 e. The molecule has 1 heterocycles. The number of benzene rings is 1. The molecule has 27 heavy (non-hydrogen) atoms. The van der Waals surface area contributed by atoms with Crippen LogP contribution in [-0.4, -0.2) is 29.4 Å². The number of H-pyrrole nitrogens is 1. The molecule has 0 saturated carbocycles. The first-order valence-corrected chi connectivity index (χ1v) is 9.83. The first-order valence-electron chi connectivity index (χ1n) is 8.34. The van der Waals surface area contributed by atoms with Crippen molar-refractivity contribution in [3.8, 4) is 0 Å². The Hall–Kier alpha value is -2.79. The summed E-state index contributed by atoms with van der Waals surface area (Å²) in [7, 11) is -4.20. The number of nitrogens with one attached hydrogen (secondary N) is 3. The Labute approximate surface area is 155 Å². The number of nitro groups is 1. The number of carbonyl (C=O) groups is 1. The second-order valence-electron chi connectivity index (χ2n) is 6.44. The monoisotopic (exact) mass is 393 g/mol. The van der Waals surface area contributed by atoms with Gasteiger partial charge in [-0.1, -0.05) is 0 Å². The van der Waals surface area contributed by atoms with E-state index in [4.69, 9.17) is 0 Å². The summed E-state index contributed by atoms with van der Waals surface area (Å²) in [5.74, 6) is -0.683. The normalized spacial score (nSPS) is 13.9. The Morgan fingerprint density at radius 3 is 2.67 bits per heavy atom. The molecule has 1 aliphatic carbocycles. The fourth-order valence-corrected chi connectivity index (χ4v) is 4.27. The summed E-state index contributed by atoms with van der Waals surface area (Å²) in [5.41, 5.74) is 4.45. The van der Waals surface area contributed by atoms with Crippen LogP contribution in [0.3, 0.4) is 0 Å². The SMILES string of the molecule is Cc1cc([N+](=O)[O-])cc(S(=O)(=O)NNC(=O)c2n[nH]c3c2CCCC3)c1C. The van der Waals surface area contributed by atoms with Crippen LogP contribution in [-0.2, 0) is 22.9 Å². The highest BCUT2D eigenvalue weighted by Gasteiger charge is 2.25. The van der Waals surface area contributed by atoms with Crippen molar-refractivity contribution in [2.24, 2.45) is 0 Å². The number of fused-ring (bicyclic) bond motifs is 1. The van der Waals surface area contributed by atoms with Crippen molar-refractivity contribution in [2.45, 2.75) is 44.4 Å². The van der Waals surface area contributed by atoms with Gasteiger partial charge in [-0.2, -0.15) is 5.10 Å². The first kappa shape index (κ1) is 19.0. The molecule has 144 valence electrons. The van der Waals surface area contributed by atoms with Crippen LogP contribution in [0.2, 0.25) is 0 Å². The summed E-state index contributed by atoms with van der Waals surface area (Å²) in [4.78, 5) is 24.4. The molecule has 0 aliphatic heterocycles. The van der Waals surface area contributed by atoms with Crippen LogP contribution < -0.4 is 10.3 Å². The van der Waals surface area contributed by atoms with Crippen LogP contribution in [0, 0.1) is 24.0 Å². The van der Waals surface area contributed by atoms with Gasteiger partial charge in [0.1, 0.15) is 0 Å². The number of carbonyl (C=O) groups excluding carboxylic acids is 1. The van der Waals surface area contributed by atoms with Gasteiger partial charge in [0.15, 0.2) is 5.69 Å². The molecule has 3 N–H and O–H groups in total. The number of non-ortho nitro benzene ring substituents is 1. The van der Waals surface area contributed by atoms with E-state index in [1.807, 2.05) is 4.83 Å². The summed E-state index contributed by atoms with van der Waals surface area (Å²) in [5, 5.41) is 17.8. The van der Waals surface area contributed by atoms with E-state index in [-0.39, 0.29) is 16.3 Å². The third-order valence-corrected chi connectivity index (χ3v) is 6.05. The van der Waals surface area contributed by atoms with E-state index in [9.17, 15) is 23.3 Å². The molecule has 0 saturated heterocycles. The van der Waals surface area contributed by atoms with Gasteiger partial charge in [-0.15, -0.1) is 4.83 Å². The predicted octanol–water partition coefficient (Wildman–Crippen LogP) is 1.44. The van der Waals surface area contributed by atoms with E-state index < -0.39 is 20.9 Å². The van der Waals surface area contributed by atoms with Crippen molar-refractivity contribution in [2.75, 3.05) is 0 Å². The smallest absolute Gasteiger partial charge is 0.281 e. The van der Waals surface area contributed by atoms with Crippen LogP contribution in [0.25, 0.3) is 0 Å². The van der Waals surface area contributed by atoms with Gasteiger partial charge in [0.2, 0.25) is 0 Å². The summed E-state index contributed by atoms with van der Waals surface area (Å²) in [6.07, 6.45) is 3.44. The third kappa shape index (κ3) is 3.69. The predicted molar refractivity (Wildman–Crippen MR) is 95.6 cm³/mol. The number of nitro benzene ring substituents is 1. The maximum Gasteiger partial charge on any atom is 0.287 e. The Balaban J connectivity index is 1.82. The quantitative estimate of drug-likeness (QED) is 0.517. The minimum atomic E-state index is -4.20. The molecular weight excluding hydrogens is 374 g/mol. The van der Waals surface area contributed by atoms with Gasteiger partial charge in [-0.05, 0) is 50.7 Å². The van der Waals surface area contributed by atoms with E-state index in [2.05, 4.69) is 15.6 Å². The molecule has 0 unspecified atom stereocenters. The van der Waals surface area contributed by atoms with Gasteiger partial charge in [0.05, 0.1) is 9.82 Å². The Kier molecular flexibility index (Phi) is 4.98. The lowest BCUT2D eigenvalue weighted by Crippen LogP contribution is -2.42. The number of hydrazine groups is 1. The van der Waals surface area contributed by atoms with Crippen LogP contribution in [0.4, 0.5) is 5.69 Å². The number of rotatable bonds is 5. The standard InChI is InChI=1S/C16H19N5O5S/c1-9-7-11(21(23)24)8-14(10(9)2)27(25,26)20-19-16(22)15-12-5-3-4-6-13(12)17-18-15/h7-8,20H,3-6H2,1-2H3,(H,17,18)(H,19,22). The fraction of sp³-hybridized carbons (Fsp3) is 0.375. The van der Waals surface area contributed by atoms with E-state index in [1.54, 1.807) is 13.8 Å². The van der Waals surface area contributed by atoms with Gasteiger partial charge >= 0.3 is 0 Å². The first-order chi connectivity index (χ1) is 12.7. The number of amides is 1.